The zero-order valence-corrected chi connectivity index (χ0v) is 15.9. The number of carbonyl (C=O) groups excluding carboxylic acids is 2. The number of benzene rings is 1. The number of ether oxygens (including phenoxy) is 2. The van der Waals surface area contributed by atoms with Crippen LogP contribution in [-0.2, 0) is 14.3 Å². The van der Waals surface area contributed by atoms with Gasteiger partial charge in [0.15, 0.2) is 0 Å². The van der Waals surface area contributed by atoms with Crippen LogP contribution >= 0.6 is 0 Å². The molecule has 1 aliphatic carbocycles. The molecule has 0 unspecified atom stereocenters. The van der Waals surface area contributed by atoms with Crippen LogP contribution < -0.4 is 10.1 Å². The standard InChI is InChI=1S/C21H27NO4/c1-12(2)15-7-5-13(3)9-19(15)26-20(23)11-17-16-10-14(25-4)6-8-18(16)22-21(17)24/h6,8,10-13,15,19H,5,7,9H2,1-4H3,(H,22,24)/b17-11+/t13-,15+,19-/m1/s1. The number of rotatable bonds is 4. The van der Waals surface area contributed by atoms with Crippen molar-refractivity contribution in [3.63, 3.8) is 0 Å². The Labute approximate surface area is 154 Å². The fourth-order valence-corrected chi connectivity index (χ4v) is 3.99. The van der Waals surface area contributed by atoms with Gasteiger partial charge in [-0.05, 0) is 48.8 Å². The fourth-order valence-electron chi connectivity index (χ4n) is 3.99. The largest absolute Gasteiger partial charge is 0.497 e. The summed E-state index contributed by atoms with van der Waals surface area (Å²) in [5, 5.41) is 2.77. The Hall–Kier alpha value is -2.30. The molecule has 1 aliphatic heterocycles. The maximum atomic E-state index is 12.5. The molecule has 3 rings (SSSR count). The van der Waals surface area contributed by atoms with E-state index in [9.17, 15) is 9.59 Å². The summed E-state index contributed by atoms with van der Waals surface area (Å²) in [6.07, 6.45) is 4.37. The van der Waals surface area contributed by atoms with Crippen molar-refractivity contribution < 1.29 is 19.1 Å². The summed E-state index contributed by atoms with van der Waals surface area (Å²) < 4.78 is 11.0. The lowest BCUT2D eigenvalue weighted by Crippen LogP contribution is -2.35. The van der Waals surface area contributed by atoms with E-state index in [2.05, 4.69) is 26.1 Å². The van der Waals surface area contributed by atoms with Crippen molar-refractivity contribution in [2.75, 3.05) is 12.4 Å². The van der Waals surface area contributed by atoms with Crippen LogP contribution in [-0.4, -0.2) is 25.1 Å². The summed E-state index contributed by atoms with van der Waals surface area (Å²) in [7, 11) is 1.57. The van der Waals surface area contributed by atoms with Crippen molar-refractivity contribution in [1.82, 2.24) is 0 Å². The first-order valence-corrected chi connectivity index (χ1v) is 9.31. The van der Waals surface area contributed by atoms with E-state index in [1.54, 1.807) is 25.3 Å². The zero-order valence-electron chi connectivity index (χ0n) is 15.9. The van der Waals surface area contributed by atoms with Crippen molar-refractivity contribution in [1.29, 1.82) is 0 Å². The molecule has 3 atom stereocenters. The first-order chi connectivity index (χ1) is 12.4. The topological polar surface area (TPSA) is 64.6 Å². The van der Waals surface area contributed by atoms with Crippen LogP contribution in [0.2, 0.25) is 0 Å². The lowest BCUT2D eigenvalue weighted by atomic mass is 9.75. The van der Waals surface area contributed by atoms with E-state index in [0.29, 0.717) is 40.3 Å². The highest BCUT2D eigenvalue weighted by molar-refractivity contribution is 6.33. The van der Waals surface area contributed by atoms with Gasteiger partial charge in [-0.25, -0.2) is 4.79 Å². The van der Waals surface area contributed by atoms with Gasteiger partial charge in [-0.2, -0.15) is 0 Å². The minimum Gasteiger partial charge on any atom is -0.497 e. The SMILES string of the molecule is COc1ccc2c(c1)/C(=C\C(=O)O[C@@H]1C[C@H](C)CC[C@H]1C(C)C)C(=O)N2. The highest BCUT2D eigenvalue weighted by Crippen LogP contribution is 2.37. The van der Waals surface area contributed by atoms with Gasteiger partial charge in [-0.3, -0.25) is 4.79 Å². The highest BCUT2D eigenvalue weighted by Gasteiger charge is 2.34. The second kappa shape index (κ2) is 7.52. The quantitative estimate of drug-likeness (QED) is 0.652. The van der Waals surface area contributed by atoms with Gasteiger partial charge in [0.1, 0.15) is 11.9 Å². The maximum Gasteiger partial charge on any atom is 0.331 e. The number of anilines is 1. The maximum absolute atomic E-state index is 12.5. The highest BCUT2D eigenvalue weighted by atomic mass is 16.5. The van der Waals surface area contributed by atoms with E-state index in [0.717, 1.165) is 12.8 Å². The zero-order chi connectivity index (χ0) is 18.8. The third-order valence-corrected chi connectivity index (χ3v) is 5.50. The summed E-state index contributed by atoms with van der Waals surface area (Å²) in [5.41, 5.74) is 1.68. The van der Waals surface area contributed by atoms with Gasteiger partial charge in [-0.1, -0.05) is 27.2 Å². The Morgan fingerprint density at radius 3 is 2.77 bits per heavy atom. The van der Waals surface area contributed by atoms with E-state index in [-0.39, 0.29) is 12.0 Å². The number of methoxy groups -OCH3 is 1. The smallest absolute Gasteiger partial charge is 0.331 e. The van der Waals surface area contributed by atoms with Crippen LogP contribution in [0.15, 0.2) is 24.3 Å². The van der Waals surface area contributed by atoms with Crippen LogP contribution in [0, 0.1) is 17.8 Å². The molecule has 0 bridgehead atoms. The number of esters is 1. The average Bonchev–Trinajstić information content (AvgIpc) is 2.89. The molecule has 0 radical (unpaired) electrons. The molecule has 2 aliphatic rings. The van der Waals surface area contributed by atoms with Crippen LogP contribution in [0.5, 0.6) is 5.75 Å². The normalized spacial score (nSPS) is 26.6. The number of amides is 1. The molecule has 0 aromatic heterocycles. The Morgan fingerprint density at radius 2 is 2.08 bits per heavy atom. The molecule has 1 heterocycles. The monoisotopic (exact) mass is 357 g/mol. The molecule has 1 aromatic rings. The molecule has 1 amide bonds. The second-order valence-electron chi connectivity index (χ2n) is 7.73. The van der Waals surface area contributed by atoms with Crippen LogP contribution in [0.4, 0.5) is 5.69 Å². The minimum absolute atomic E-state index is 0.0858. The van der Waals surface area contributed by atoms with Gasteiger partial charge >= 0.3 is 5.97 Å². The summed E-state index contributed by atoms with van der Waals surface area (Å²) in [4.78, 5) is 24.8. The molecule has 26 heavy (non-hydrogen) atoms. The van der Waals surface area contributed by atoms with E-state index in [1.165, 1.54) is 12.5 Å². The molecule has 140 valence electrons. The Kier molecular flexibility index (Phi) is 5.35. The second-order valence-corrected chi connectivity index (χ2v) is 7.73. The van der Waals surface area contributed by atoms with Gasteiger partial charge in [0.05, 0.1) is 12.7 Å². The molecule has 1 fully saturated rings. The van der Waals surface area contributed by atoms with Crippen molar-refractivity contribution in [2.45, 2.75) is 46.1 Å². The predicted octanol–water partition coefficient (Wildman–Crippen LogP) is 4.03. The van der Waals surface area contributed by atoms with Crippen LogP contribution in [0.25, 0.3) is 5.57 Å². The number of hydrogen-bond acceptors (Lipinski definition) is 4. The molecular formula is C21H27NO4. The fraction of sp³-hybridized carbons (Fsp3) is 0.524. The van der Waals surface area contributed by atoms with Crippen molar-refractivity contribution in [3.05, 3.63) is 29.8 Å². The molecule has 1 N–H and O–H groups in total. The first kappa shape index (κ1) is 18.5. The van der Waals surface area contributed by atoms with E-state index >= 15 is 0 Å². The van der Waals surface area contributed by atoms with E-state index < -0.39 is 5.97 Å². The van der Waals surface area contributed by atoms with Crippen LogP contribution in [0.3, 0.4) is 0 Å². The van der Waals surface area contributed by atoms with Crippen molar-refractivity contribution >= 4 is 23.1 Å². The molecule has 1 aromatic carbocycles. The molecule has 0 saturated heterocycles. The van der Waals surface area contributed by atoms with Crippen molar-refractivity contribution in [3.8, 4) is 5.75 Å². The summed E-state index contributed by atoms with van der Waals surface area (Å²) in [5.74, 6) is 1.29. The molecule has 5 heteroatoms. The molecule has 1 saturated carbocycles. The van der Waals surface area contributed by atoms with Gasteiger partial charge < -0.3 is 14.8 Å². The third kappa shape index (κ3) is 3.76. The number of nitrogens with one attached hydrogen (secondary N) is 1. The number of carbonyl (C=O) groups is 2. The summed E-state index contributed by atoms with van der Waals surface area (Å²) in [6.45, 7) is 6.54. The predicted molar refractivity (Wildman–Crippen MR) is 101 cm³/mol. The summed E-state index contributed by atoms with van der Waals surface area (Å²) in [6, 6.07) is 5.30. The lowest BCUT2D eigenvalue weighted by Gasteiger charge is -2.36. The molecule has 5 nitrogen and oxygen atoms in total. The Bertz CT molecular complexity index is 738. The Morgan fingerprint density at radius 1 is 1.31 bits per heavy atom. The molecule has 0 spiro atoms. The van der Waals surface area contributed by atoms with Crippen LogP contribution in [0.1, 0.15) is 45.6 Å². The van der Waals surface area contributed by atoms with Gasteiger partial charge in [0.2, 0.25) is 0 Å². The number of hydrogen-bond donors (Lipinski definition) is 1. The van der Waals surface area contributed by atoms with Crippen molar-refractivity contribution in [2.24, 2.45) is 17.8 Å². The van der Waals surface area contributed by atoms with Gasteiger partial charge in [0, 0.05) is 17.3 Å². The number of fused-ring (bicyclic) bond motifs is 1. The lowest BCUT2D eigenvalue weighted by molar-refractivity contribution is -0.149. The minimum atomic E-state index is -0.449. The van der Waals surface area contributed by atoms with Gasteiger partial charge in [0.25, 0.3) is 5.91 Å². The van der Waals surface area contributed by atoms with Gasteiger partial charge in [-0.15, -0.1) is 0 Å². The Balaban J connectivity index is 1.79. The average molecular weight is 357 g/mol. The summed E-state index contributed by atoms with van der Waals surface area (Å²) >= 11 is 0. The first-order valence-electron chi connectivity index (χ1n) is 9.31. The molecular weight excluding hydrogens is 330 g/mol. The van der Waals surface area contributed by atoms with E-state index in [4.69, 9.17) is 9.47 Å². The van der Waals surface area contributed by atoms with E-state index in [1.807, 2.05) is 0 Å². The third-order valence-electron chi connectivity index (χ3n) is 5.50.